The SMILES string of the molecule is Nc1ccc(COC(=O)Nc2ccc(N)cc2)cc1. The third kappa shape index (κ3) is 3.92. The number of anilines is 3. The molecular formula is C14H15N3O2. The molecule has 2 aromatic rings. The Labute approximate surface area is 111 Å². The van der Waals surface area contributed by atoms with Crippen LogP contribution in [0.4, 0.5) is 21.9 Å². The predicted molar refractivity (Wildman–Crippen MR) is 75.5 cm³/mol. The predicted octanol–water partition coefficient (Wildman–Crippen LogP) is 2.60. The van der Waals surface area contributed by atoms with Gasteiger partial charge < -0.3 is 16.2 Å². The van der Waals surface area contributed by atoms with E-state index in [1.807, 2.05) is 12.1 Å². The second kappa shape index (κ2) is 5.77. The van der Waals surface area contributed by atoms with E-state index in [9.17, 15) is 4.79 Å². The minimum Gasteiger partial charge on any atom is -0.444 e. The standard InChI is InChI=1S/C14H15N3O2/c15-11-3-1-10(2-4-11)9-19-14(18)17-13-7-5-12(16)6-8-13/h1-8H,9,15-16H2,(H,17,18). The van der Waals surface area contributed by atoms with E-state index in [-0.39, 0.29) is 6.61 Å². The molecule has 5 heteroatoms. The largest absolute Gasteiger partial charge is 0.444 e. The maximum Gasteiger partial charge on any atom is 0.411 e. The van der Waals surface area contributed by atoms with Crippen molar-refractivity contribution in [2.24, 2.45) is 0 Å². The fraction of sp³-hybridized carbons (Fsp3) is 0.0714. The maximum absolute atomic E-state index is 11.5. The number of rotatable bonds is 3. The summed E-state index contributed by atoms with van der Waals surface area (Å²) in [6.45, 7) is 0.196. The highest BCUT2D eigenvalue weighted by molar-refractivity contribution is 5.84. The third-order valence-corrected chi connectivity index (χ3v) is 2.51. The van der Waals surface area contributed by atoms with Crippen LogP contribution >= 0.6 is 0 Å². The van der Waals surface area contributed by atoms with Crippen molar-refractivity contribution in [2.45, 2.75) is 6.61 Å². The van der Waals surface area contributed by atoms with Gasteiger partial charge in [-0.05, 0) is 42.0 Å². The van der Waals surface area contributed by atoms with Crippen molar-refractivity contribution in [1.82, 2.24) is 0 Å². The molecule has 0 saturated heterocycles. The lowest BCUT2D eigenvalue weighted by atomic mass is 10.2. The molecule has 0 unspecified atom stereocenters. The minimum atomic E-state index is -0.512. The first-order valence-corrected chi connectivity index (χ1v) is 5.77. The van der Waals surface area contributed by atoms with Crippen LogP contribution in [-0.2, 0) is 11.3 Å². The van der Waals surface area contributed by atoms with Crippen LogP contribution in [0.1, 0.15) is 5.56 Å². The number of nitrogen functional groups attached to an aromatic ring is 2. The van der Waals surface area contributed by atoms with Crippen molar-refractivity contribution in [3.8, 4) is 0 Å². The van der Waals surface area contributed by atoms with Gasteiger partial charge in [-0.1, -0.05) is 12.1 Å². The van der Waals surface area contributed by atoms with Gasteiger partial charge in [-0.25, -0.2) is 4.79 Å². The highest BCUT2D eigenvalue weighted by Gasteiger charge is 2.03. The molecule has 0 aliphatic heterocycles. The fourth-order valence-electron chi connectivity index (χ4n) is 1.48. The van der Waals surface area contributed by atoms with Gasteiger partial charge in [0.25, 0.3) is 0 Å². The van der Waals surface area contributed by atoms with E-state index in [1.165, 1.54) is 0 Å². The molecule has 0 aliphatic carbocycles. The topological polar surface area (TPSA) is 90.4 Å². The normalized spacial score (nSPS) is 9.89. The number of carbonyl (C=O) groups excluding carboxylic acids is 1. The lowest BCUT2D eigenvalue weighted by Crippen LogP contribution is -2.13. The molecule has 1 amide bonds. The van der Waals surface area contributed by atoms with Crippen LogP contribution in [0.15, 0.2) is 48.5 Å². The minimum absolute atomic E-state index is 0.196. The number of hydrogen-bond donors (Lipinski definition) is 3. The van der Waals surface area contributed by atoms with E-state index in [0.717, 1.165) is 5.56 Å². The van der Waals surface area contributed by atoms with Gasteiger partial charge in [-0.2, -0.15) is 0 Å². The molecular weight excluding hydrogens is 242 g/mol. The van der Waals surface area contributed by atoms with E-state index in [2.05, 4.69) is 5.32 Å². The highest BCUT2D eigenvalue weighted by atomic mass is 16.5. The van der Waals surface area contributed by atoms with E-state index >= 15 is 0 Å². The molecule has 19 heavy (non-hydrogen) atoms. The number of nitrogens with one attached hydrogen (secondary N) is 1. The molecule has 0 aromatic heterocycles. The first-order chi connectivity index (χ1) is 9.13. The van der Waals surface area contributed by atoms with Crippen LogP contribution < -0.4 is 16.8 Å². The van der Waals surface area contributed by atoms with Crippen molar-refractivity contribution < 1.29 is 9.53 Å². The molecule has 5 nitrogen and oxygen atoms in total. The number of hydrogen-bond acceptors (Lipinski definition) is 4. The number of carbonyl (C=O) groups is 1. The average molecular weight is 257 g/mol. The molecule has 0 saturated carbocycles. The molecule has 2 aromatic carbocycles. The average Bonchev–Trinajstić information content (AvgIpc) is 2.41. The monoisotopic (exact) mass is 257 g/mol. The van der Waals surface area contributed by atoms with Gasteiger partial charge in [0, 0.05) is 17.1 Å². The summed E-state index contributed by atoms with van der Waals surface area (Å²) in [6.07, 6.45) is -0.512. The molecule has 0 fully saturated rings. The van der Waals surface area contributed by atoms with Crippen molar-refractivity contribution in [1.29, 1.82) is 0 Å². The zero-order valence-electron chi connectivity index (χ0n) is 10.3. The summed E-state index contributed by atoms with van der Waals surface area (Å²) >= 11 is 0. The molecule has 0 aliphatic rings. The Morgan fingerprint density at radius 1 is 0.947 bits per heavy atom. The number of benzene rings is 2. The van der Waals surface area contributed by atoms with Crippen LogP contribution in [0.2, 0.25) is 0 Å². The Morgan fingerprint density at radius 3 is 2.05 bits per heavy atom. The zero-order chi connectivity index (χ0) is 13.7. The van der Waals surface area contributed by atoms with Gasteiger partial charge in [0.2, 0.25) is 0 Å². The smallest absolute Gasteiger partial charge is 0.411 e. The number of ether oxygens (including phenoxy) is 1. The summed E-state index contributed by atoms with van der Waals surface area (Å²) in [5.74, 6) is 0. The zero-order valence-corrected chi connectivity index (χ0v) is 10.3. The quantitative estimate of drug-likeness (QED) is 0.737. The second-order valence-electron chi connectivity index (χ2n) is 4.06. The Bertz CT molecular complexity index is 550. The van der Waals surface area contributed by atoms with Crippen LogP contribution in [0, 0.1) is 0 Å². The summed E-state index contributed by atoms with van der Waals surface area (Å²) < 4.78 is 5.08. The van der Waals surface area contributed by atoms with Crippen molar-refractivity contribution >= 4 is 23.2 Å². The molecule has 0 heterocycles. The maximum atomic E-state index is 11.5. The first-order valence-electron chi connectivity index (χ1n) is 5.77. The molecule has 0 atom stereocenters. The van der Waals surface area contributed by atoms with Crippen LogP contribution in [0.5, 0.6) is 0 Å². The Morgan fingerprint density at radius 2 is 1.47 bits per heavy atom. The third-order valence-electron chi connectivity index (χ3n) is 2.51. The van der Waals surface area contributed by atoms with Gasteiger partial charge in [0.15, 0.2) is 0 Å². The Kier molecular flexibility index (Phi) is 3.87. The van der Waals surface area contributed by atoms with Gasteiger partial charge >= 0.3 is 6.09 Å². The first kappa shape index (κ1) is 12.8. The van der Waals surface area contributed by atoms with Crippen LogP contribution in [-0.4, -0.2) is 6.09 Å². The summed E-state index contributed by atoms with van der Waals surface area (Å²) in [4.78, 5) is 11.5. The summed E-state index contributed by atoms with van der Waals surface area (Å²) in [5.41, 5.74) is 13.9. The van der Waals surface area contributed by atoms with Gasteiger partial charge in [-0.3, -0.25) is 5.32 Å². The number of nitrogens with two attached hydrogens (primary N) is 2. The summed E-state index contributed by atoms with van der Waals surface area (Å²) in [7, 11) is 0. The van der Waals surface area contributed by atoms with E-state index in [1.54, 1.807) is 36.4 Å². The lowest BCUT2D eigenvalue weighted by molar-refractivity contribution is 0.155. The molecule has 2 rings (SSSR count). The van der Waals surface area contributed by atoms with Crippen LogP contribution in [0.3, 0.4) is 0 Å². The van der Waals surface area contributed by atoms with Crippen molar-refractivity contribution in [3.05, 3.63) is 54.1 Å². The molecule has 0 bridgehead atoms. The van der Waals surface area contributed by atoms with Gasteiger partial charge in [-0.15, -0.1) is 0 Å². The highest BCUT2D eigenvalue weighted by Crippen LogP contribution is 2.11. The van der Waals surface area contributed by atoms with Gasteiger partial charge in [0.05, 0.1) is 0 Å². The summed E-state index contributed by atoms with van der Waals surface area (Å²) in [5, 5.41) is 2.61. The van der Waals surface area contributed by atoms with E-state index < -0.39 is 6.09 Å². The number of amides is 1. The molecule has 0 radical (unpaired) electrons. The van der Waals surface area contributed by atoms with E-state index in [0.29, 0.717) is 17.1 Å². The Balaban J connectivity index is 1.84. The molecule has 5 N–H and O–H groups in total. The summed E-state index contributed by atoms with van der Waals surface area (Å²) in [6, 6.07) is 14.0. The lowest BCUT2D eigenvalue weighted by Gasteiger charge is -2.07. The molecule has 0 spiro atoms. The molecule has 98 valence electrons. The fourth-order valence-corrected chi connectivity index (χ4v) is 1.48. The van der Waals surface area contributed by atoms with Crippen molar-refractivity contribution in [3.63, 3.8) is 0 Å². The van der Waals surface area contributed by atoms with Crippen LogP contribution in [0.25, 0.3) is 0 Å². The Hall–Kier alpha value is -2.69. The van der Waals surface area contributed by atoms with E-state index in [4.69, 9.17) is 16.2 Å². The van der Waals surface area contributed by atoms with Crippen molar-refractivity contribution in [2.75, 3.05) is 16.8 Å². The van der Waals surface area contributed by atoms with Gasteiger partial charge in [0.1, 0.15) is 6.61 Å². The second-order valence-corrected chi connectivity index (χ2v) is 4.06.